The molecule has 0 saturated heterocycles. The summed E-state index contributed by atoms with van der Waals surface area (Å²) in [7, 11) is 0. The van der Waals surface area contributed by atoms with Gasteiger partial charge in [0.2, 0.25) is 0 Å². The van der Waals surface area contributed by atoms with E-state index in [1.807, 2.05) is 0 Å². The predicted octanol–water partition coefficient (Wildman–Crippen LogP) is 3.77. The third-order valence-corrected chi connectivity index (χ3v) is 3.32. The molecule has 0 aliphatic heterocycles. The van der Waals surface area contributed by atoms with Crippen LogP contribution in [-0.4, -0.2) is 34.5 Å². The molecule has 0 aliphatic rings. The minimum absolute atomic E-state index is 0.179. The van der Waals surface area contributed by atoms with Crippen molar-refractivity contribution in [2.45, 2.75) is 26.1 Å². The molecule has 0 radical (unpaired) electrons. The molecule has 21 heavy (non-hydrogen) atoms. The monoisotopic (exact) mass is 368 g/mol. The van der Waals surface area contributed by atoms with Gasteiger partial charge in [-0.25, -0.2) is 0 Å². The Hall–Kier alpha value is -1.64. The molecule has 0 spiro atoms. The van der Waals surface area contributed by atoms with Crippen LogP contribution in [-0.2, 0) is 0 Å². The topological polar surface area (TPSA) is 63.5 Å². The van der Waals surface area contributed by atoms with Crippen molar-refractivity contribution in [3.8, 4) is 0 Å². The Labute approximate surface area is 127 Å². The Bertz CT molecular complexity index is 561. The van der Waals surface area contributed by atoms with Crippen molar-refractivity contribution < 1.29 is 22.9 Å². The lowest BCUT2D eigenvalue weighted by atomic mass is 10.1. The van der Waals surface area contributed by atoms with Gasteiger partial charge in [0.05, 0.1) is 10.5 Å². The van der Waals surface area contributed by atoms with E-state index in [0.29, 0.717) is 4.90 Å². The van der Waals surface area contributed by atoms with E-state index in [9.17, 15) is 28.1 Å². The van der Waals surface area contributed by atoms with Crippen molar-refractivity contribution in [2.75, 3.05) is 6.54 Å². The van der Waals surface area contributed by atoms with Crippen LogP contribution in [0.15, 0.2) is 22.7 Å². The number of halogens is 4. The Morgan fingerprint density at radius 3 is 2.43 bits per heavy atom. The van der Waals surface area contributed by atoms with E-state index >= 15 is 0 Å². The molecule has 0 aromatic heterocycles. The number of amides is 1. The summed E-state index contributed by atoms with van der Waals surface area (Å²) in [5, 5.41) is 10.7. The fraction of sp³-hybridized carbons (Fsp3) is 0.417. The molecule has 0 heterocycles. The lowest BCUT2D eigenvalue weighted by molar-refractivity contribution is -0.384. The molecule has 1 amide bonds. The fourth-order valence-electron chi connectivity index (χ4n) is 1.63. The van der Waals surface area contributed by atoms with Crippen molar-refractivity contribution in [3.63, 3.8) is 0 Å². The maximum atomic E-state index is 12.5. The van der Waals surface area contributed by atoms with Crippen LogP contribution in [0.4, 0.5) is 18.9 Å². The molecule has 1 aromatic carbocycles. The first-order chi connectivity index (χ1) is 9.53. The summed E-state index contributed by atoms with van der Waals surface area (Å²) in [6.07, 6.45) is -4.55. The lowest BCUT2D eigenvalue weighted by Gasteiger charge is -2.28. The second-order valence-corrected chi connectivity index (χ2v) is 5.42. The molecule has 0 atom stereocenters. The summed E-state index contributed by atoms with van der Waals surface area (Å²) in [6.45, 7) is 1.46. The van der Waals surface area contributed by atoms with Crippen molar-refractivity contribution >= 4 is 27.5 Å². The van der Waals surface area contributed by atoms with Crippen LogP contribution in [0.1, 0.15) is 24.2 Å². The SMILES string of the molecule is CC(C)N(CC(F)(F)F)C(=O)c1cc([N+](=O)[O-])ccc1Br. The molecular formula is C12H12BrF3N2O3. The van der Waals surface area contributed by atoms with Gasteiger partial charge in [0.15, 0.2) is 0 Å². The van der Waals surface area contributed by atoms with Gasteiger partial charge in [-0.1, -0.05) is 0 Å². The highest BCUT2D eigenvalue weighted by atomic mass is 79.9. The van der Waals surface area contributed by atoms with Crippen LogP contribution in [0.3, 0.4) is 0 Å². The molecule has 0 bridgehead atoms. The summed E-state index contributed by atoms with van der Waals surface area (Å²) in [5.41, 5.74) is -0.542. The van der Waals surface area contributed by atoms with E-state index in [-0.39, 0.29) is 15.7 Å². The first-order valence-electron chi connectivity index (χ1n) is 5.84. The predicted molar refractivity (Wildman–Crippen MR) is 73.0 cm³/mol. The Balaban J connectivity index is 3.20. The lowest BCUT2D eigenvalue weighted by Crippen LogP contribution is -2.43. The van der Waals surface area contributed by atoms with Crippen LogP contribution in [0.2, 0.25) is 0 Å². The number of nitro benzene ring substituents is 1. The summed E-state index contributed by atoms with van der Waals surface area (Å²) in [4.78, 5) is 22.8. The molecule has 116 valence electrons. The largest absolute Gasteiger partial charge is 0.406 e. The normalized spacial score (nSPS) is 11.6. The minimum atomic E-state index is -4.55. The average Bonchev–Trinajstić information content (AvgIpc) is 2.34. The van der Waals surface area contributed by atoms with E-state index in [4.69, 9.17) is 0 Å². The third kappa shape index (κ3) is 4.69. The Morgan fingerprint density at radius 1 is 1.43 bits per heavy atom. The van der Waals surface area contributed by atoms with E-state index < -0.39 is 29.6 Å². The summed E-state index contributed by atoms with van der Waals surface area (Å²) < 4.78 is 37.8. The zero-order valence-electron chi connectivity index (χ0n) is 11.1. The van der Waals surface area contributed by atoms with Gasteiger partial charge < -0.3 is 4.90 Å². The smallest absolute Gasteiger partial charge is 0.327 e. The fourth-order valence-corrected chi connectivity index (χ4v) is 2.04. The molecule has 0 fully saturated rings. The Kier molecular flexibility index (Phi) is 5.32. The van der Waals surface area contributed by atoms with Gasteiger partial charge in [-0.15, -0.1) is 0 Å². The molecule has 5 nitrogen and oxygen atoms in total. The minimum Gasteiger partial charge on any atom is -0.327 e. The second-order valence-electron chi connectivity index (χ2n) is 4.56. The molecule has 0 aliphatic carbocycles. The number of carbonyl (C=O) groups is 1. The number of benzene rings is 1. The highest BCUT2D eigenvalue weighted by molar-refractivity contribution is 9.10. The summed E-state index contributed by atoms with van der Waals surface area (Å²) >= 11 is 3.03. The number of carbonyl (C=O) groups excluding carboxylic acids is 1. The van der Waals surface area contributed by atoms with Gasteiger partial charge in [-0.2, -0.15) is 13.2 Å². The highest BCUT2D eigenvalue weighted by Crippen LogP contribution is 2.26. The van der Waals surface area contributed by atoms with Gasteiger partial charge in [0.1, 0.15) is 6.54 Å². The van der Waals surface area contributed by atoms with Gasteiger partial charge in [-0.05, 0) is 35.8 Å². The van der Waals surface area contributed by atoms with Crippen molar-refractivity contribution in [3.05, 3.63) is 38.3 Å². The third-order valence-electron chi connectivity index (χ3n) is 2.63. The average molecular weight is 369 g/mol. The number of rotatable bonds is 4. The molecule has 1 rings (SSSR count). The molecule has 0 unspecified atom stereocenters. The van der Waals surface area contributed by atoms with E-state index in [0.717, 1.165) is 12.1 Å². The van der Waals surface area contributed by atoms with Gasteiger partial charge in [-0.3, -0.25) is 14.9 Å². The maximum absolute atomic E-state index is 12.5. The standard InChI is InChI=1S/C12H12BrF3N2O3/c1-7(2)17(6-12(14,15)16)11(19)9-5-8(18(20)21)3-4-10(9)13/h3-5,7H,6H2,1-2H3. The molecule has 1 aromatic rings. The Morgan fingerprint density at radius 2 is 2.00 bits per heavy atom. The van der Waals surface area contributed by atoms with Crippen LogP contribution < -0.4 is 0 Å². The van der Waals surface area contributed by atoms with Crippen LogP contribution in [0.5, 0.6) is 0 Å². The summed E-state index contributed by atoms with van der Waals surface area (Å²) in [5.74, 6) is -0.919. The quantitative estimate of drug-likeness (QED) is 0.600. The number of nitrogens with zero attached hydrogens (tertiary/aromatic N) is 2. The maximum Gasteiger partial charge on any atom is 0.406 e. The van der Waals surface area contributed by atoms with Crippen LogP contribution in [0.25, 0.3) is 0 Å². The molecule has 9 heteroatoms. The van der Waals surface area contributed by atoms with E-state index in [2.05, 4.69) is 15.9 Å². The molecule has 0 saturated carbocycles. The first-order valence-corrected chi connectivity index (χ1v) is 6.64. The van der Waals surface area contributed by atoms with Gasteiger partial charge >= 0.3 is 6.18 Å². The first kappa shape index (κ1) is 17.4. The van der Waals surface area contributed by atoms with Gasteiger partial charge in [0.25, 0.3) is 11.6 Å². The van der Waals surface area contributed by atoms with E-state index in [1.165, 1.54) is 19.9 Å². The second kappa shape index (κ2) is 6.42. The summed E-state index contributed by atoms with van der Waals surface area (Å²) in [6, 6.07) is 2.67. The van der Waals surface area contributed by atoms with Gasteiger partial charge in [0, 0.05) is 22.6 Å². The number of hydrogen-bond acceptors (Lipinski definition) is 3. The zero-order valence-corrected chi connectivity index (χ0v) is 12.7. The van der Waals surface area contributed by atoms with Crippen LogP contribution >= 0.6 is 15.9 Å². The van der Waals surface area contributed by atoms with E-state index in [1.54, 1.807) is 0 Å². The van der Waals surface area contributed by atoms with Crippen molar-refractivity contribution in [1.29, 1.82) is 0 Å². The number of hydrogen-bond donors (Lipinski definition) is 0. The van der Waals surface area contributed by atoms with Crippen LogP contribution in [0, 0.1) is 10.1 Å². The van der Waals surface area contributed by atoms with Crippen molar-refractivity contribution in [1.82, 2.24) is 4.90 Å². The van der Waals surface area contributed by atoms with Crippen molar-refractivity contribution in [2.24, 2.45) is 0 Å². The number of nitro groups is 1. The number of non-ortho nitro benzene ring substituents is 1. The molecular weight excluding hydrogens is 357 g/mol. The molecule has 0 N–H and O–H groups in total. The highest BCUT2D eigenvalue weighted by Gasteiger charge is 2.35. The number of alkyl halides is 3. The zero-order chi connectivity index (χ0) is 16.4.